The predicted molar refractivity (Wildman–Crippen MR) is 87.7 cm³/mol. The second-order valence-corrected chi connectivity index (χ2v) is 5.39. The Morgan fingerprint density at radius 3 is 2.78 bits per heavy atom. The Kier molecular flexibility index (Phi) is 4.23. The normalized spacial score (nSPS) is 12.1. The van der Waals surface area contributed by atoms with Crippen molar-refractivity contribution in [3.05, 3.63) is 60.2 Å². The van der Waals surface area contributed by atoms with Crippen LogP contribution in [0.3, 0.4) is 0 Å². The first-order valence-corrected chi connectivity index (χ1v) is 7.57. The minimum absolute atomic E-state index is 0.0488. The number of H-pyrrole nitrogens is 1. The average Bonchev–Trinajstić information content (AvgIpc) is 3.21. The van der Waals surface area contributed by atoms with Crippen LogP contribution in [0.4, 0.5) is 0 Å². The molecule has 3 aromatic heterocycles. The van der Waals surface area contributed by atoms with Crippen molar-refractivity contribution < 1.29 is 4.79 Å². The molecule has 0 saturated carbocycles. The molecular formula is C17H19N5O. The fourth-order valence-electron chi connectivity index (χ4n) is 2.55. The van der Waals surface area contributed by atoms with Crippen molar-refractivity contribution in [3.8, 4) is 11.4 Å². The molecule has 23 heavy (non-hydrogen) atoms. The second-order valence-electron chi connectivity index (χ2n) is 5.39. The van der Waals surface area contributed by atoms with Crippen LogP contribution in [0.25, 0.3) is 11.4 Å². The lowest BCUT2D eigenvalue weighted by Crippen LogP contribution is -2.28. The molecule has 3 aromatic rings. The van der Waals surface area contributed by atoms with Crippen molar-refractivity contribution >= 4 is 5.91 Å². The zero-order chi connectivity index (χ0) is 16.2. The molecule has 0 radical (unpaired) electrons. The maximum absolute atomic E-state index is 12.5. The van der Waals surface area contributed by atoms with Crippen LogP contribution in [-0.4, -0.2) is 25.7 Å². The van der Waals surface area contributed by atoms with Gasteiger partial charge in [0, 0.05) is 25.6 Å². The Balaban J connectivity index is 1.76. The Hall–Kier alpha value is -2.89. The zero-order valence-corrected chi connectivity index (χ0v) is 13.2. The van der Waals surface area contributed by atoms with E-state index in [1.54, 1.807) is 18.5 Å². The lowest BCUT2D eigenvalue weighted by atomic mass is 10.1. The van der Waals surface area contributed by atoms with E-state index in [9.17, 15) is 4.79 Å². The molecule has 1 atom stereocenters. The van der Waals surface area contributed by atoms with Gasteiger partial charge in [0.2, 0.25) is 0 Å². The third kappa shape index (κ3) is 3.15. The van der Waals surface area contributed by atoms with Crippen molar-refractivity contribution in [1.29, 1.82) is 0 Å². The summed E-state index contributed by atoms with van der Waals surface area (Å²) >= 11 is 0. The van der Waals surface area contributed by atoms with Gasteiger partial charge >= 0.3 is 0 Å². The van der Waals surface area contributed by atoms with Gasteiger partial charge in [0.1, 0.15) is 11.4 Å². The largest absolute Gasteiger partial charge is 0.349 e. The van der Waals surface area contributed by atoms with Crippen LogP contribution < -0.4 is 5.32 Å². The first-order valence-electron chi connectivity index (χ1n) is 7.57. The molecule has 3 heterocycles. The van der Waals surface area contributed by atoms with Crippen LogP contribution in [0.2, 0.25) is 0 Å². The number of carbonyl (C=O) groups excluding carboxylic acids is 1. The SMILES string of the molecule is CCC(NC(=O)c1cc(-c2cccn2C)n[nH]1)c1ccncc1. The van der Waals surface area contributed by atoms with Gasteiger partial charge in [0.15, 0.2) is 0 Å². The average molecular weight is 309 g/mol. The van der Waals surface area contributed by atoms with Crippen LogP contribution in [0, 0.1) is 0 Å². The number of aromatic amines is 1. The van der Waals surface area contributed by atoms with E-state index in [-0.39, 0.29) is 11.9 Å². The van der Waals surface area contributed by atoms with Crippen LogP contribution in [0.15, 0.2) is 48.9 Å². The van der Waals surface area contributed by atoms with Gasteiger partial charge in [-0.3, -0.25) is 14.9 Å². The second kappa shape index (κ2) is 6.48. The summed E-state index contributed by atoms with van der Waals surface area (Å²) in [5, 5.41) is 10.1. The predicted octanol–water partition coefficient (Wildman–Crippen LogP) is 2.69. The summed E-state index contributed by atoms with van der Waals surface area (Å²) in [5.41, 5.74) is 3.20. The first kappa shape index (κ1) is 15.0. The van der Waals surface area contributed by atoms with Crippen molar-refractivity contribution in [2.24, 2.45) is 7.05 Å². The fraction of sp³-hybridized carbons (Fsp3) is 0.235. The molecule has 1 unspecified atom stereocenters. The van der Waals surface area contributed by atoms with E-state index in [1.807, 2.05) is 49.0 Å². The Labute approximate surface area is 134 Å². The lowest BCUT2D eigenvalue weighted by Gasteiger charge is -2.16. The number of hydrogen-bond acceptors (Lipinski definition) is 3. The van der Waals surface area contributed by atoms with Gasteiger partial charge in [0.05, 0.1) is 11.7 Å². The molecule has 0 spiro atoms. The summed E-state index contributed by atoms with van der Waals surface area (Å²) in [6.45, 7) is 2.04. The summed E-state index contributed by atoms with van der Waals surface area (Å²) in [7, 11) is 1.94. The van der Waals surface area contributed by atoms with Crippen LogP contribution >= 0.6 is 0 Å². The molecule has 2 N–H and O–H groups in total. The van der Waals surface area contributed by atoms with Gasteiger partial charge in [0.25, 0.3) is 5.91 Å². The maximum atomic E-state index is 12.5. The Morgan fingerprint density at radius 1 is 1.35 bits per heavy atom. The lowest BCUT2D eigenvalue weighted by molar-refractivity contribution is 0.0930. The van der Waals surface area contributed by atoms with Gasteiger partial charge < -0.3 is 9.88 Å². The molecule has 0 saturated heterocycles. The number of aryl methyl sites for hydroxylation is 1. The van der Waals surface area contributed by atoms with E-state index in [0.717, 1.165) is 23.4 Å². The van der Waals surface area contributed by atoms with Gasteiger partial charge in [-0.15, -0.1) is 0 Å². The number of aromatic nitrogens is 4. The highest BCUT2D eigenvalue weighted by Gasteiger charge is 2.17. The van der Waals surface area contributed by atoms with Gasteiger partial charge in [-0.1, -0.05) is 6.92 Å². The van der Waals surface area contributed by atoms with E-state index in [2.05, 4.69) is 20.5 Å². The van der Waals surface area contributed by atoms with Gasteiger partial charge in [-0.2, -0.15) is 5.10 Å². The monoisotopic (exact) mass is 309 g/mol. The molecule has 6 heteroatoms. The summed E-state index contributed by atoms with van der Waals surface area (Å²) in [6, 6.07) is 9.45. The van der Waals surface area contributed by atoms with Crippen LogP contribution in [0.5, 0.6) is 0 Å². The third-order valence-electron chi connectivity index (χ3n) is 3.85. The van der Waals surface area contributed by atoms with E-state index >= 15 is 0 Å². The molecule has 0 aliphatic heterocycles. The summed E-state index contributed by atoms with van der Waals surface area (Å²) in [5.74, 6) is -0.165. The molecule has 0 fully saturated rings. The fourth-order valence-corrected chi connectivity index (χ4v) is 2.55. The topological polar surface area (TPSA) is 75.6 Å². The molecule has 1 amide bonds. The highest BCUT2D eigenvalue weighted by molar-refractivity contribution is 5.93. The highest BCUT2D eigenvalue weighted by Crippen LogP contribution is 2.19. The van der Waals surface area contributed by atoms with Crippen molar-refractivity contribution in [3.63, 3.8) is 0 Å². The van der Waals surface area contributed by atoms with E-state index in [1.165, 1.54) is 0 Å². The number of hydrogen-bond donors (Lipinski definition) is 2. The summed E-state index contributed by atoms with van der Waals surface area (Å²) in [4.78, 5) is 16.5. The Bertz CT molecular complexity index is 790. The van der Waals surface area contributed by atoms with Crippen molar-refractivity contribution in [2.45, 2.75) is 19.4 Å². The minimum atomic E-state index is -0.165. The zero-order valence-electron chi connectivity index (χ0n) is 13.2. The molecule has 0 aromatic carbocycles. The number of carbonyl (C=O) groups is 1. The van der Waals surface area contributed by atoms with Gasteiger partial charge in [-0.25, -0.2) is 0 Å². The maximum Gasteiger partial charge on any atom is 0.269 e. The minimum Gasteiger partial charge on any atom is -0.349 e. The number of rotatable bonds is 5. The van der Waals surface area contributed by atoms with Crippen LogP contribution in [-0.2, 0) is 7.05 Å². The smallest absolute Gasteiger partial charge is 0.269 e. The molecule has 0 bridgehead atoms. The van der Waals surface area contributed by atoms with Crippen molar-refractivity contribution in [2.75, 3.05) is 0 Å². The quantitative estimate of drug-likeness (QED) is 0.761. The summed E-state index contributed by atoms with van der Waals surface area (Å²) < 4.78 is 1.96. The van der Waals surface area contributed by atoms with Crippen LogP contribution in [0.1, 0.15) is 35.4 Å². The van der Waals surface area contributed by atoms with Gasteiger partial charge in [-0.05, 0) is 42.3 Å². The number of amides is 1. The first-order chi connectivity index (χ1) is 11.2. The Morgan fingerprint density at radius 2 is 2.13 bits per heavy atom. The third-order valence-corrected chi connectivity index (χ3v) is 3.85. The standard InChI is InChI=1S/C17H19N5O/c1-3-13(12-6-8-18-9-7-12)19-17(23)15-11-14(20-21-15)16-5-4-10-22(16)2/h4-11,13H,3H2,1-2H3,(H,19,23)(H,20,21). The number of pyridine rings is 1. The molecule has 0 aliphatic rings. The van der Waals surface area contributed by atoms with E-state index < -0.39 is 0 Å². The van der Waals surface area contributed by atoms with Crippen molar-refractivity contribution in [1.82, 2.24) is 25.1 Å². The molecule has 0 aliphatic carbocycles. The highest BCUT2D eigenvalue weighted by atomic mass is 16.2. The summed E-state index contributed by atoms with van der Waals surface area (Å²) in [6.07, 6.45) is 6.20. The number of nitrogens with zero attached hydrogens (tertiary/aromatic N) is 3. The van der Waals surface area contributed by atoms with E-state index in [0.29, 0.717) is 5.69 Å². The molecular weight excluding hydrogens is 290 g/mol. The number of nitrogens with one attached hydrogen (secondary N) is 2. The van der Waals surface area contributed by atoms with E-state index in [4.69, 9.17) is 0 Å². The molecule has 3 rings (SSSR count). The molecule has 6 nitrogen and oxygen atoms in total. The molecule has 118 valence electrons.